The summed E-state index contributed by atoms with van der Waals surface area (Å²) in [5, 5.41) is 0. The van der Waals surface area contributed by atoms with Crippen molar-refractivity contribution < 1.29 is 9.47 Å². The van der Waals surface area contributed by atoms with Crippen molar-refractivity contribution in [1.82, 2.24) is 0 Å². The van der Waals surface area contributed by atoms with Crippen molar-refractivity contribution in [3.63, 3.8) is 0 Å². The first kappa shape index (κ1) is 13.9. The van der Waals surface area contributed by atoms with Crippen LogP contribution in [0.3, 0.4) is 0 Å². The second-order valence-corrected chi connectivity index (χ2v) is 6.67. The predicted molar refractivity (Wildman–Crippen MR) is 80.0 cm³/mol. The van der Waals surface area contributed by atoms with Crippen molar-refractivity contribution in [3.05, 3.63) is 29.3 Å². The van der Waals surface area contributed by atoms with E-state index in [1.54, 1.807) is 0 Å². The summed E-state index contributed by atoms with van der Waals surface area (Å²) in [6, 6.07) is 6.43. The van der Waals surface area contributed by atoms with Crippen LogP contribution in [0.2, 0.25) is 0 Å². The SMILES string of the molecule is CC1(C)CCC(COc2cccc3c2CCCC3N)O1. The maximum absolute atomic E-state index is 6.19. The topological polar surface area (TPSA) is 44.5 Å². The molecule has 0 spiro atoms. The minimum absolute atomic E-state index is 0.00644. The Morgan fingerprint density at radius 2 is 2.20 bits per heavy atom. The smallest absolute Gasteiger partial charge is 0.122 e. The highest BCUT2D eigenvalue weighted by Crippen LogP contribution is 2.35. The van der Waals surface area contributed by atoms with Gasteiger partial charge in [0.2, 0.25) is 0 Å². The molecule has 1 heterocycles. The van der Waals surface area contributed by atoms with E-state index >= 15 is 0 Å². The van der Waals surface area contributed by atoms with Gasteiger partial charge < -0.3 is 15.2 Å². The van der Waals surface area contributed by atoms with E-state index in [1.165, 1.54) is 11.1 Å². The minimum Gasteiger partial charge on any atom is -0.491 e. The number of benzene rings is 1. The molecule has 3 heteroatoms. The van der Waals surface area contributed by atoms with Crippen LogP contribution in [0.5, 0.6) is 5.75 Å². The Hall–Kier alpha value is -1.06. The number of hydrogen-bond acceptors (Lipinski definition) is 3. The quantitative estimate of drug-likeness (QED) is 0.920. The standard InChI is InChI=1S/C17H25NO2/c1-17(2)10-9-12(20-17)11-19-16-8-4-5-13-14(16)6-3-7-15(13)18/h4-5,8,12,15H,3,6-7,9-11,18H2,1-2H3. The third-order valence-corrected chi connectivity index (χ3v) is 4.49. The highest BCUT2D eigenvalue weighted by Gasteiger charge is 2.32. The molecule has 20 heavy (non-hydrogen) atoms. The molecule has 1 aromatic carbocycles. The van der Waals surface area contributed by atoms with Gasteiger partial charge in [0.25, 0.3) is 0 Å². The van der Waals surface area contributed by atoms with Gasteiger partial charge in [-0.25, -0.2) is 0 Å². The number of fused-ring (bicyclic) bond motifs is 1. The van der Waals surface area contributed by atoms with Crippen LogP contribution in [0.15, 0.2) is 18.2 Å². The van der Waals surface area contributed by atoms with Crippen molar-refractivity contribution in [2.45, 2.75) is 63.7 Å². The van der Waals surface area contributed by atoms with E-state index in [4.69, 9.17) is 15.2 Å². The first-order valence-corrected chi connectivity index (χ1v) is 7.73. The van der Waals surface area contributed by atoms with Crippen molar-refractivity contribution >= 4 is 0 Å². The molecule has 0 bridgehead atoms. The Morgan fingerprint density at radius 1 is 1.35 bits per heavy atom. The average Bonchev–Trinajstić information content (AvgIpc) is 2.77. The third kappa shape index (κ3) is 2.84. The Bertz CT molecular complexity index is 484. The van der Waals surface area contributed by atoms with Gasteiger partial charge in [-0.3, -0.25) is 0 Å². The molecule has 0 amide bonds. The Labute approximate surface area is 121 Å². The summed E-state index contributed by atoms with van der Waals surface area (Å²) in [6.45, 7) is 4.95. The van der Waals surface area contributed by atoms with E-state index in [0.29, 0.717) is 6.61 Å². The van der Waals surface area contributed by atoms with Gasteiger partial charge in [-0.15, -0.1) is 0 Å². The zero-order valence-electron chi connectivity index (χ0n) is 12.5. The molecule has 2 aliphatic rings. The molecule has 1 saturated heterocycles. The van der Waals surface area contributed by atoms with Crippen LogP contribution >= 0.6 is 0 Å². The summed E-state index contributed by atoms with van der Waals surface area (Å²) in [4.78, 5) is 0. The van der Waals surface area contributed by atoms with Gasteiger partial charge in [-0.05, 0) is 63.1 Å². The molecule has 0 radical (unpaired) electrons. The fourth-order valence-electron chi connectivity index (χ4n) is 3.36. The van der Waals surface area contributed by atoms with Crippen LogP contribution in [0.1, 0.15) is 56.7 Å². The third-order valence-electron chi connectivity index (χ3n) is 4.49. The highest BCUT2D eigenvalue weighted by molar-refractivity contribution is 5.43. The maximum Gasteiger partial charge on any atom is 0.122 e. The lowest BCUT2D eigenvalue weighted by Crippen LogP contribution is -2.24. The summed E-state index contributed by atoms with van der Waals surface area (Å²) in [6.07, 6.45) is 5.73. The van der Waals surface area contributed by atoms with Crippen molar-refractivity contribution in [3.8, 4) is 5.75 Å². The zero-order chi connectivity index (χ0) is 14.2. The highest BCUT2D eigenvalue weighted by atomic mass is 16.6. The van der Waals surface area contributed by atoms with E-state index in [9.17, 15) is 0 Å². The molecular formula is C17H25NO2. The zero-order valence-corrected chi connectivity index (χ0v) is 12.5. The van der Waals surface area contributed by atoms with Gasteiger partial charge in [0, 0.05) is 6.04 Å². The largest absolute Gasteiger partial charge is 0.491 e. The molecule has 110 valence electrons. The van der Waals surface area contributed by atoms with Crippen LogP contribution in [0.4, 0.5) is 0 Å². The lowest BCUT2D eigenvalue weighted by Gasteiger charge is -2.25. The van der Waals surface area contributed by atoms with E-state index in [-0.39, 0.29) is 17.7 Å². The summed E-state index contributed by atoms with van der Waals surface area (Å²) in [5.74, 6) is 1.01. The molecule has 3 rings (SSSR count). The van der Waals surface area contributed by atoms with Crippen LogP contribution in [0.25, 0.3) is 0 Å². The monoisotopic (exact) mass is 275 g/mol. The normalized spacial score (nSPS) is 28.1. The molecule has 1 fully saturated rings. The number of nitrogens with two attached hydrogens (primary N) is 1. The Morgan fingerprint density at radius 3 is 2.95 bits per heavy atom. The summed E-state index contributed by atoms with van der Waals surface area (Å²) in [7, 11) is 0. The number of ether oxygens (including phenoxy) is 2. The van der Waals surface area contributed by atoms with Crippen LogP contribution in [0, 0.1) is 0 Å². The number of rotatable bonds is 3. The van der Waals surface area contributed by atoms with Gasteiger partial charge in [0.05, 0.1) is 11.7 Å². The molecule has 3 nitrogen and oxygen atoms in total. The second kappa shape index (κ2) is 5.38. The summed E-state index contributed by atoms with van der Waals surface area (Å²) in [5.41, 5.74) is 8.77. The van der Waals surface area contributed by atoms with Gasteiger partial charge in [-0.2, -0.15) is 0 Å². The van der Waals surface area contributed by atoms with E-state index in [1.807, 2.05) is 0 Å². The molecular weight excluding hydrogens is 250 g/mol. The fraction of sp³-hybridized carbons (Fsp3) is 0.647. The van der Waals surface area contributed by atoms with Crippen LogP contribution in [-0.2, 0) is 11.2 Å². The van der Waals surface area contributed by atoms with Gasteiger partial charge in [0.1, 0.15) is 12.4 Å². The first-order chi connectivity index (χ1) is 9.55. The van der Waals surface area contributed by atoms with Crippen molar-refractivity contribution in [2.24, 2.45) is 5.73 Å². The molecule has 1 aromatic rings. The molecule has 0 aromatic heterocycles. The first-order valence-electron chi connectivity index (χ1n) is 7.73. The van der Waals surface area contributed by atoms with Gasteiger partial charge in [-0.1, -0.05) is 12.1 Å². The van der Waals surface area contributed by atoms with E-state index in [0.717, 1.165) is 37.9 Å². The maximum atomic E-state index is 6.19. The second-order valence-electron chi connectivity index (χ2n) is 6.67. The summed E-state index contributed by atoms with van der Waals surface area (Å²) < 4.78 is 12.0. The molecule has 2 atom stereocenters. The molecule has 2 unspecified atom stereocenters. The average molecular weight is 275 g/mol. The molecule has 1 aliphatic heterocycles. The van der Waals surface area contributed by atoms with Crippen LogP contribution in [-0.4, -0.2) is 18.3 Å². The Balaban J connectivity index is 1.68. The van der Waals surface area contributed by atoms with E-state index in [2.05, 4.69) is 32.0 Å². The van der Waals surface area contributed by atoms with Crippen molar-refractivity contribution in [1.29, 1.82) is 0 Å². The summed E-state index contributed by atoms with van der Waals surface area (Å²) >= 11 is 0. The Kier molecular flexibility index (Phi) is 3.74. The predicted octanol–water partition coefficient (Wildman–Crippen LogP) is 3.36. The lowest BCUT2D eigenvalue weighted by atomic mass is 9.87. The fourth-order valence-corrected chi connectivity index (χ4v) is 3.36. The minimum atomic E-state index is 0.00644. The molecule has 2 N–H and O–H groups in total. The molecule has 1 aliphatic carbocycles. The molecule has 0 saturated carbocycles. The van der Waals surface area contributed by atoms with E-state index < -0.39 is 0 Å². The van der Waals surface area contributed by atoms with Gasteiger partial charge in [0.15, 0.2) is 0 Å². The van der Waals surface area contributed by atoms with Gasteiger partial charge >= 0.3 is 0 Å². The lowest BCUT2D eigenvalue weighted by molar-refractivity contribution is -0.0327. The number of hydrogen-bond donors (Lipinski definition) is 1. The van der Waals surface area contributed by atoms with Crippen molar-refractivity contribution in [2.75, 3.05) is 6.61 Å². The van der Waals surface area contributed by atoms with Crippen LogP contribution < -0.4 is 10.5 Å².